The summed E-state index contributed by atoms with van der Waals surface area (Å²) in [5, 5.41) is 9.11. The Morgan fingerprint density at radius 2 is 1.95 bits per heavy atom. The van der Waals surface area contributed by atoms with E-state index in [9.17, 15) is 0 Å². The van der Waals surface area contributed by atoms with Gasteiger partial charge in [-0.15, -0.1) is 0 Å². The molecule has 0 amide bonds. The number of hydrogen-bond acceptors (Lipinski definition) is 3. The average Bonchev–Trinajstić information content (AvgIpc) is 3.05. The van der Waals surface area contributed by atoms with E-state index in [1.54, 1.807) is 11.3 Å². The number of benzene rings is 1. The molecular formula is C17H19N3S. The maximum atomic E-state index is 6.38. The van der Waals surface area contributed by atoms with Crippen LogP contribution in [0.15, 0.2) is 41.1 Å². The highest BCUT2D eigenvalue weighted by Gasteiger charge is 2.18. The molecule has 0 aliphatic heterocycles. The Labute approximate surface area is 129 Å². The molecule has 3 nitrogen and oxygen atoms in total. The minimum absolute atomic E-state index is 0.753. The summed E-state index contributed by atoms with van der Waals surface area (Å²) in [4.78, 5) is 0. The van der Waals surface area contributed by atoms with Crippen LogP contribution < -0.4 is 5.73 Å². The molecule has 2 aromatic heterocycles. The standard InChI is InChI=1S/C17H19N3S/c1-3-7-14-16(15-11-21-10-12(15)2)19-20(17(14)18)13-8-5-4-6-9-13/h4-6,8-11H,3,7,18H2,1-2H3. The van der Waals surface area contributed by atoms with Crippen LogP contribution in [0.4, 0.5) is 5.82 Å². The molecule has 4 heteroatoms. The minimum atomic E-state index is 0.753. The molecule has 0 saturated carbocycles. The topological polar surface area (TPSA) is 43.8 Å². The molecule has 2 N–H and O–H groups in total. The summed E-state index contributed by atoms with van der Waals surface area (Å²) in [5.41, 5.74) is 12.0. The number of nitrogens with two attached hydrogens (primary N) is 1. The largest absolute Gasteiger partial charge is 0.383 e. The van der Waals surface area contributed by atoms with Gasteiger partial charge >= 0.3 is 0 Å². The van der Waals surface area contributed by atoms with E-state index in [1.807, 2.05) is 35.0 Å². The van der Waals surface area contributed by atoms with Crippen LogP contribution in [0.1, 0.15) is 24.5 Å². The Kier molecular flexibility index (Phi) is 3.80. The molecule has 108 valence electrons. The molecule has 21 heavy (non-hydrogen) atoms. The summed E-state index contributed by atoms with van der Waals surface area (Å²) in [6, 6.07) is 10.1. The first-order chi connectivity index (χ1) is 10.2. The van der Waals surface area contributed by atoms with Gasteiger partial charge in [-0.3, -0.25) is 0 Å². The number of hydrogen-bond donors (Lipinski definition) is 1. The van der Waals surface area contributed by atoms with Gasteiger partial charge in [-0.2, -0.15) is 16.4 Å². The molecular weight excluding hydrogens is 278 g/mol. The quantitative estimate of drug-likeness (QED) is 0.773. The third-order valence-electron chi connectivity index (χ3n) is 3.63. The van der Waals surface area contributed by atoms with Gasteiger partial charge in [0.25, 0.3) is 0 Å². The fraction of sp³-hybridized carbons (Fsp3) is 0.235. The molecule has 0 unspecified atom stereocenters. The predicted molar refractivity (Wildman–Crippen MR) is 90.0 cm³/mol. The van der Waals surface area contributed by atoms with Crippen molar-refractivity contribution in [1.82, 2.24) is 9.78 Å². The van der Waals surface area contributed by atoms with Crippen LogP contribution in [0.5, 0.6) is 0 Å². The van der Waals surface area contributed by atoms with Crippen LogP contribution in [-0.4, -0.2) is 9.78 Å². The van der Waals surface area contributed by atoms with Gasteiger partial charge in [-0.1, -0.05) is 31.5 Å². The molecule has 0 aliphatic carbocycles. The fourth-order valence-corrected chi connectivity index (χ4v) is 3.38. The average molecular weight is 297 g/mol. The number of aromatic nitrogens is 2. The van der Waals surface area contributed by atoms with Gasteiger partial charge in [0.05, 0.1) is 11.4 Å². The first-order valence-corrected chi connectivity index (χ1v) is 8.12. The van der Waals surface area contributed by atoms with Crippen LogP contribution in [0.3, 0.4) is 0 Å². The van der Waals surface area contributed by atoms with E-state index in [1.165, 1.54) is 11.1 Å². The lowest BCUT2D eigenvalue weighted by molar-refractivity contribution is 0.892. The second-order valence-corrected chi connectivity index (χ2v) is 5.92. The van der Waals surface area contributed by atoms with E-state index >= 15 is 0 Å². The number of nitrogens with zero attached hydrogens (tertiary/aromatic N) is 2. The lowest BCUT2D eigenvalue weighted by atomic mass is 10.0. The Bertz CT molecular complexity index is 741. The van der Waals surface area contributed by atoms with Crippen LogP contribution in [0.2, 0.25) is 0 Å². The summed E-state index contributed by atoms with van der Waals surface area (Å²) >= 11 is 1.71. The number of nitrogen functional groups attached to an aromatic ring is 1. The third-order valence-corrected chi connectivity index (χ3v) is 4.50. The number of anilines is 1. The van der Waals surface area contributed by atoms with E-state index in [2.05, 4.69) is 24.6 Å². The summed E-state index contributed by atoms with van der Waals surface area (Å²) in [5.74, 6) is 0.753. The van der Waals surface area contributed by atoms with Crippen molar-refractivity contribution >= 4 is 17.2 Å². The van der Waals surface area contributed by atoms with Gasteiger partial charge in [0.15, 0.2) is 0 Å². The number of thiophene rings is 1. The zero-order chi connectivity index (χ0) is 14.8. The van der Waals surface area contributed by atoms with Gasteiger partial charge < -0.3 is 5.73 Å². The monoisotopic (exact) mass is 297 g/mol. The van der Waals surface area contributed by atoms with E-state index in [0.29, 0.717) is 0 Å². The van der Waals surface area contributed by atoms with E-state index in [4.69, 9.17) is 10.8 Å². The van der Waals surface area contributed by atoms with Gasteiger partial charge in [-0.05, 0) is 36.4 Å². The second-order valence-electron chi connectivity index (χ2n) is 5.18. The van der Waals surface area contributed by atoms with Crippen LogP contribution >= 0.6 is 11.3 Å². The van der Waals surface area contributed by atoms with Crippen molar-refractivity contribution < 1.29 is 0 Å². The zero-order valence-electron chi connectivity index (χ0n) is 12.3. The smallest absolute Gasteiger partial charge is 0.131 e. The number of para-hydroxylation sites is 1. The highest BCUT2D eigenvalue weighted by molar-refractivity contribution is 7.08. The highest BCUT2D eigenvalue weighted by atomic mass is 32.1. The number of rotatable bonds is 4. The van der Waals surface area contributed by atoms with Crippen molar-refractivity contribution in [3.05, 3.63) is 52.2 Å². The first kappa shape index (κ1) is 13.9. The van der Waals surface area contributed by atoms with Gasteiger partial charge in [-0.25, -0.2) is 4.68 Å². The van der Waals surface area contributed by atoms with Gasteiger partial charge in [0, 0.05) is 16.5 Å². The van der Waals surface area contributed by atoms with Crippen molar-refractivity contribution in [3.63, 3.8) is 0 Å². The summed E-state index contributed by atoms with van der Waals surface area (Å²) in [7, 11) is 0. The van der Waals surface area contributed by atoms with Gasteiger partial charge in [0.2, 0.25) is 0 Å². The maximum absolute atomic E-state index is 6.38. The molecule has 0 atom stereocenters. The fourth-order valence-electron chi connectivity index (χ4n) is 2.55. The maximum Gasteiger partial charge on any atom is 0.131 e. The Balaban J connectivity index is 2.19. The van der Waals surface area contributed by atoms with Gasteiger partial charge in [0.1, 0.15) is 5.82 Å². The van der Waals surface area contributed by atoms with Crippen LogP contribution in [0, 0.1) is 6.92 Å². The molecule has 2 heterocycles. The second kappa shape index (κ2) is 5.74. The van der Waals surface area contributed by atoms with Crippen LogP contribution in [0.25, 0.3) is 16.9 Å². The molecule has 0 fully saturated rings. The molecule has 0 bridgehead atoms. The first-order valence-electron chi connectivity index (χ1n) is 7.18. The molecule has 3 rings (SSSR count). The highest BCUT2D eigenvalue weighted by Crippen LogP contribution is 2.33. The summed E-state index contributed by atoms with van der Waals surface area (Å²) in [6.45, 7) is 4.29. The van der Waals surface area contributed by atoms with Crippen molar-refractivity contribution in [2.45, 2.75) is 26.7 Å². The van der Waals surface area contributed by atoms with Crippen molar-refractivity contribution in [3.8, 4) is 16.9 Å². The Morgan fingerprint density at radius 1 is 1.19 bits per heavy atom. The summed E-state index contributed by atoms with van der Waals surface area (Å²) < 4.78 is 1.86. The van der Waals surface area contributed by atoms with E-state index in [-0.39, 0.29) is 0 Å². The third kappa shape index (κ3) is 2.47. The van der Waals surface area contributed by atoms with Crippen molar-refractivity contribution in [2.24, 2.45) is 0 Å². The lowest BCUT2D eigenvalue weighted by Crippen LogP contribution is -2.02. The zero-order valence-corrected chi connectivity index (χ0v) is 13.2. The molecule has 0 spiro atoms. The van der Waals surface area contributed by atoms with Crippen molar-refractivity contribution in [2.75, 3.05) is 5.73 Å². The van der Waals surface area contributed by atoms with E-state index < -0.39 is 0 Å². The predicted octanol–water partition coefficient (Wildman–Crippen LogP) is 4.44. The Morgan fingerprint density at radius 3 is 2.57 bits per heavy atom. The molecule has 1 aromatic carbocycles. The normalized spacial score (nSPS) is 11.0. The van der Waals surface area contributed by atoms with Crippen molar-refractivity contribution in [1.29, 1.82) is 0 Å². The SMILES string of the molecule is CCCc1c(-c2cscc2C)nn(-c2ccccc2)c1N. The lowest BCUT2D eigenvalue weighted by Gasteiger charge is -2.04. The van der Waals surface area contributed by atoms with E-state index in [0.717, 1.165) is 35.6 Å². The molecule has 0 saturated heterocycles. The molecule has 0 radical (unpaired) electrons. The Hall–Kier alpha value is -2.07. The molecule has 0 aliphatic rings. The number of aryl methyl sites for hydroxylation is 1. The minimum Gasteiger partial charge on any atom is -0.383 e. The van der Waals surface area contributed by atoms with Crippen LogP contribution in [-0.2, 0) is 6.42 Å². The molecule has 3 aromatic rings. The summed E-state index contributed by atoms with van der Waals surface area (Å²) in [6.07, 6.45) is 2.00.